The molecule has 0 saturated carbocycles. The summed E-state index contributed by atoms with van der Waals surface area (Å²) in [7, 11) is 0. The van der Waals surface area contributed by atoms with Crippen molar-refractivity contribution in [3.05, 3.63) is 104 Å². The molecule has 1 amide bonds. The molecule has 1 N–H and O–H groups in total. The lowest BCUT2D eigenvalue weighted by Crippen LogP contribution is -2.13. The zero-order valence-corrected chi connectivity index (χ0v) is 18.6. The van der Waals surface area contributed by atoms with Gasteiger partial charge in [-0.2, -0.15) is 5.26 Å². The Morgan fingerprint density at radius 3 is 2.66 bits per heavy atom. The van der Waals surface area contributed by atoms with Gasteiger partial charge in [-0.25, -0.2) is 0 Å². The van der Waals surface area contributed by atoms with Crippen LogP contribution in [0.1, 0.15) is 16.7 Å². The smallest absolute Gasteiger partial charge is 0.269 e. The summed E-state index contributed by atoms with van der Waals surface area (Å²) in [6, 6.07) is 20.6. The third-order valence-corrected chi connectivity index (χ3v) is 5.04. The number of hydrogen-bond donors (Lipinski definition) is 1. The van der Waals surface area contributed by atoms with Crippen LogP contribution in [0.25, 0.3) is 6.08 Å². The van der Waals surface area contributed by atoms with Crippen LogP contribution < -0.4 is 10.1 Å². The van der Waals surface area contributed by atoms with Crippen LogP contribution in [0.5, 0.6) is 5.75 Å². The van der Waals surface area contributed by atoms with Crippen molar-refractivity contribution < 1.29 is 14.5 Å². The number of aryl methyl sites for hydroxylation is 1. The number of rotatable bonds is 7. The van der Waals surface area contributed by atoms with Crippen molar-refractivity contribution in [2.45, 2.75) is 13.5 Å². The molecule has 0 atom stereocenters. The Morgan fingerprint density at radius 2 is 1.97 bits per heavy atom. The predicted molar refractivity (Wildman–Crippen MR) is 125 cm³/mol. The molecule has 0 radical (unpaired) electrons. The number of nitrogens with one attached hydrogen (secondary N) is 1. The van der Waals surface area contributed by atoms with E-state index in [0.29, 0.717) is 27.0 Å². The minimum absolute atomic E-state index is 0.00127. The average molecular weight is 492 g/mol. The van der Waals surface area contributed by atoms with Gasteiger partial charge >= 0.3 is 0 Å². The number of nitrogens with zero attached hydrogens (tertiary/aromatic N) is 2. The van der Waals surface area contributed by atoms with E-state index in [4.69, 9.17) is 4.74 Å². The number of nitro groups is 1. The van der Waals surface area contributed by atoms with Crippen LogP contribution in [0, 0.1) is 28.4 Å². The number of halogens is 1. The van der Waals surface area contributed by atoms with E-state index in [1.54, 1.807) is 36.4 Å². The normalized spacial score (nSPS) is 10.8. The van der Waals surface area contributed by atoms with E-state index in [0.717, 1.165) is 5.56 Å². The number of benzene rings is 3. The van der Waals surface area contributed by atoms with Gasteiger partial charge in [0.1, 0.15) is 24.0 Å². The summed E-state index contributed by atoms with van der Waals surface area (Å²) in [5, 5.41) is 23.0. The standard InChI is InChI=1S/C24H18BrN3O4/c1-16-4-2-6-20(10-16)27-24(29)19(14-26)11-17-8-9-23(22(25)13-17)32-15-18-5-3-7-21(12-18)28(30)31/h2-13H,15H2,1H3,(H,27,29)/b19-11-. The molecule has 0 fully saturated rings. The molecule has 0 bridgehead atoms. The maximum atomic E-state index is 12.5. The van der Waals surface area contributed by atoms with Crippen LogP contribution in [-0.2, 0) is 11.4 Å². The Morgan fingerprint density at radius 1 is 1.19 bits per heavy atom. The second-order valence-corrected chi connectivity index (χ2v) is 7.75. The lowest BCUT2D eigenvalue weighted by molar-refractivity contribution is -0.384. The molecule has 3 aromatic rings. The summed E-state index contributed by atoms with van der Waals surface area (Å²) in [4.78, 5) is 22.9. The molecule has 0 aliphatic heterocycles. The molecular formula is C24H18BrN3O4. The highest BCUT2D eigenvalue weighted by Crippen LogP contribution is 2.28. The summed E-state index contributed by atoms with van der Waals surface area (Å²) in [6.07, 6.45) is 1.49. The Balaban J connectivity index is 1.71. The van der Waals surface area contributed by atoms with Gasteiger partial charge in [-0.05, 0) is 69.9 Å². The number of nitro benzene ring substituents is 1. The molecule has 0 aliphatic carbocycles. The lowest BCUT2D eigenvalue weighted by Gasteiger charge is -2.09. The molecule has 0 aliphatic rings. The summed E-state index contributed by atoms with van der Waals surface area (Å²) in [5.41, 5.74) is 2.87. The van der Waals surface area contributed by atoms with Crippen molar-refractivity contribution in [1.82, 2.24) is 0 Å². The van der Waals surface area contributed by atoms with Gasteiger partial charge in [-0.3, -0.25) is 14.9 Å². The van der Waals surface area contributed by atoms with Gasteiger partial charge in [0.05, 0.1) is 9.40 Å². The first-order valence-electron chi connectivity index (χ1n) is 9.51. The van der Waals surface area contributed by atoms with Gasteiger partial charge in [-0.1, -0.05) is 30.3 Å². The van der Waals surface area contributed by atoms with Crippen LogP contribution >= 0.6 is 15.9 Å². The van der Waals surface area contributed by atoms with Crippen molar-refractivity contribution in [2.24, 2.45) is 0 Å². The molecule has 8 heteroatoms. The van der Waals surface area contributed by atoms with E-state index in [1.165, 1.54) is 18.2 Å². The molecule has 0 spiro atoms. The predicted octanol–water partition coefficient (Wildman–Crippen LogP) is 5.79. The molecule has 0 unspecified atom stereocenters. The molecule has 3 rings (SSSR count). The second kappa shape index (κ2) is 10.4. The maximum Gasteiger partial charge on any atom is 0.269 e. The van der Waals surface area contributed by atoms with Gasteiger partial charge in [0, 0.05) is 17.8 Å². The van der Waals surface area contributed by atoms with Crippen LogP contribution in [0.2, 0.25) is 0 Å². The van der Waals surface area contributed by atoms with E-state index in [-0.39, 0.29) is 17.9 Å². The first kappa shape index (κ1) is 22.7. The fourth-order valence-electron chi connectivity index (χ4n) is 2.88. The molecule has 32 heavy (non-hydrogen) atoms. The highest BCUT2D eigenvalue weighted by molar-refractivity contribution is 9.10. The van der Waals surface area contributed by atoms with Crippen molar-refractivity contribution in [3.63, 3.8) is 0 Å². The van der Waals surface area contributed by atoms with Crippen LogP contribution in [-0.4, -0.2) is 10.8 Å². The van der Waals surface area contributed by atoms with Crippen molar-refractivity contribution >= 4 is 39.3 Å². The van der Waals surface area contributed by atoms with Crippen molar-refractivity contribution in [3.8, 4) is 11.8 Å². The van der Waals surface area contributed by atoms with Gasteiger partial charge < -0.3 is 10.1 Å². The fourth-order valence-corrected chi connectivity index (χ4v) is 3.39. The molecule has 160 valence electrons. The molecular weight excluding hydrogens is 474 g/mol. The maximum absolute atomic E-state index is 12.5. The van der Waals surface area contributed by atoms with Crippen LogP contribution in [0.3, 0.4) is 0 Å². The number of non-ortho nitro benzene ring substituents is 1. The van der Waals surface area contributed by atoms with Crippen LogP contribution in [0.4, 0.5) is 11.4 Å². The monoisotopic (exact) mass is 491 g/mol. The minimum atomic E-state index is -0.500. The number of carbonyl (C=O) groups excluding carboxylic acids is 1. The number of anilines is 1. The molecule has 0 heterocycles. The zero-order valence-electron chi connectivity index (χ0n) is 17.0. The number of amides is 1. The SMILES string of the molecule is Cc1cccc(NC(=O)/C(C#N)=C\c2ccc(OCc3cccc([N+](=O)[O-])c3)c(Br)c2)c1. The molecule has 7 nitrogen and oxygen atoms in total. The highest BCUT2D eigenvalue weighted by Gasteiger charge is 2.11. The van der Waals surface area contributed by atoms with Gasteiger partial charge in [-0.15, -0.1) is 0 Å². The summed E-state index contributed by atoms with van der Waals surface area (Å²) < 4.78 is 6.37. The lowest BCUT2D eigenvalue weighted by atomic mass is 10.1. The molecule has 0 aromatic heterocycles. The van der Waals surface area contributed by atoms with Gasteiger partial charge in [0.15, 0.2) is 0 Å². The zero-order chi connectivity index (χ0) is 23.1. The highest BCUT2D eigenvalue weighted by atomic mass is 79.9. The van der Waals surface area contributed by atoms with Gasteiger partial charge in [0.2, 0.25) is 0 Å². The number of hydrogen-bond acceptors (Lipinski definition) is 5. The van der Waals surface area contributed by atoms with Crippen LogP contribution in [0.15, 0.2) is 76.8 Å². The number of carbonyl (C=O) groups is 1. The Bertz CT molecular complexity index is 1250. The third-order valence-electron chi connectivity index (χ3n) is 4.42. The summed E-state index contributed by atoms with van der Waals surface area (Å²) >= 11 is 3.42. The van der Waals surface area contributed by atoms with Crippen molar-refractivity contribution in [2.75, 3.05) is 5.32 Å². The van der Waals surface area contributed by atoms with E-state index in [9.17, 15) is 20.2 Å². The fraction of sp³-hybridized carbons (Fsp3) is 0.0833. The number of ether oxygens (including phenoxy) is 1. The van der Waals surface area contributed by atoms with E-state index in [1.807, 2.05) is 31.2 Å². The van der Waals surface area contributed by atoms with E-state index in [2.05, 4.69) is 21.2 Å². The Hall–Kier alpha value is -3.96. The first-order valence-corrected chi connectivity index (χ1v) is 10.3. The van der Waals surface area contributed by atoms with Gasteiger partial charge in [0.25, 0.3) is 11.6 Å². The first-order chi connectivity index (χ1) is 15.4. The summed E-state index contributed by atoms with van der Waals surface area (Å²) in [6.45, 7) is 2.06. The molecule has 3 aromatic carbocycles. The summed E-state index contributed by atoms with van der Waals surface area (Å²) in [5.74, 6) is 0.0246. The number of nitriles is 1. The van der Waals surface area contributed by atoms with E-state index >= 15 is 0 Å². The molecule has 0 saturated heterocycles. The minimum Gasteiger partial charge on any atom is -0.488 e. The quantitative estimate of drug-likeness (QED) is 0.195. The van der Waals surface area contributed by atoms with E-state index < -0.39 is 10.8 Å². The second-order valence-electron chi connectivity index (χ2n) is 6.90. The third kappa shape index (κ3) is 6.03. The topological polar surface area (TPSA) is 105 Å². The Kier molecular flexibility index (Phi) is 7.37. The average Bonchev–Trinajstić information content (AvgIpc) is 2.77. The Labute approximate surface area is 193 Å². The van der Waals surface area contributed by atoms with Crippen molar-refractivity contribution in [1.29, 1.82) is 5.26 Å². The largest absolute Gasteiger partial charge is 0.488 e.